The number of carbonyl (C=O) groups is 1. The lowest BCUT2D eigenvalue weighted by Gasteiger charge is -2.61. The first-order valence-electron chi connectivity index (χ1n) is 10.1. The lowest BCUT2D eigenvalue weighted by Crippen LogP contribution is -2.59. The van der Waals surface area contributed by atoms with Crippen LogP contribution in [-0.2, 0) is 10.2 Å². The maximum Gasteiger partial charge on any atom is 0.226 e. The van der Waals surface area contributed by atoms with Gasteiger partial charge in [-0.2, -0.15) is 0 Å². The highest BCUT2D eigenvalue weighted by Crippen LogP contribution is 2.65. The van der Waals surface area contributed by atoms with Gasteiger partial charge in [0.1, 0.15) is 5.75 Å². The summed E-state index contributed by atoms with van der Waals surface area (Å²) in [6.45, 7) is 2.82. The van der Waals surface area contributed by atoms with Crippen LogP contribution in [0.2, 0.25) is 0 Å². The van der Waals surface area contributed by atoms with Gasteiger partial charge in [0.2, 0.25) is 5.91 Å². The number of ether oxygens (including phenoxy) is 1. The second-order valence-electron chi connectivity index (χ2n) is 9.15. The SMILES string of the molecule is CNC(C)CNC(=O)C12CC3CC(C1)CC(c1ccc(OC)cc1)(C3)C2. The molecule has 1 aromatic rings. The number of hydrogen-bond acceptors (Lipinski definition) is 3. The first-order chi connectivity index (χ1) is 12.5. The van der Waals surface area contributed by atoms with Crippen molar-refractivity contribution in [2.75, 3.05) is 20.7 Å². The van der Waals surface area contributed by atoms with Gasteiger partial charge < -0.3 is 15.4 Å². The fraction of sp³-hybridized carbons (Fsp3) is 0.682. The fourth-order valence-corrected chi connectivity index (χ4v) is 6.35. The van der Waals surface area contributed by atoms with Gasteiger partial charge in [0.15, 0.2) is 0 Å². The van der Waals surface area contributed by atoms with Gasteiger partial charge in [-0.05, 0) is 87.4 Å². The van der Waals surface area contributed by atoms with Crippen molar-refractivity contribution < 1.29 is 9.53 Å². The van der Waals surface area contributed by atoms with E-state index < -0.39 is 0 Å². The Balaban J connectivity index is 1.59. The maximum absolute atomic E-state index is 13.2. The van der Waals surface area contributed by atoms with Gasteiger partial charge in [-0.25, -0.2) is 0 Å². The van der Waals surface area contributed by atoms with E-state index in [1.165, 1.54) is 24.8 Å². The van der Waals surface area contributed by atoms with Crippen LogP contribution in [0.4, 0.5) is 0 Å². The number of likely N-dealkylation sites (N-methyl/N-ethyl adjacent to an activating group) is 1. The summed E-state index contributed by atoms with van der Waals surface area (Å²) in [5.74, 6) is 2.61. The van der Waals surface area contributed by atoms with Crippen LogP contribution in [0.15, 0.2) is 24.3 Å². The van der Waals surface area contributed by atoms with E-state index in [0.717, 1.165) is 25.0 Å². The minimum absolute atomic E-state index is 0.155. The van der Waals surface area contributed by atoms with E-state index in [9.17, 15) is 4.79 Å². The van der Waals surface area contributed by atoms with Crippen LogP contribution < -0.4 is 15.4 Å². The smallest absolute Gasteiger partial charge is 0.226 e. The summed E-state index contributed by atoms with van der Waals surface area (Å²) in [5, 5.41) is 6.47. The third-order valence-corrected chi connectivity index (χ3v) is 7.31. The van der Waals surface area contributed by atoms with Gasteiger partial charge in [0, 0.05) is 12.6 Å². The van der Waals surface area contributed by atoms with Crippen molar-refractivity contribution in [3.8, 4) is 5.75 Å². The van der Waals surface area contributed by atoms with Gasteiger partial charge in [0.05, 0.1) is 12.5 Å². The molecule has 0 aliphatic heterocycles. The number of carbonyl (C=O) groups excluding carboxylic acids is 1. The molecule has 3 unspecified atom stereocenters. The summed E-state index contributed by atoms with van der Waals surface area (Å²) in [7, 11) is 3.66. The number of methoxy groups -OCH3 is 1. The first-order valence-corrected chi connectivity index (χ1v) is 10.1. The van der Waals surface area contributed by atoms with Gasteiger partial charge in [-0.15, -0.1) is 0 Å². The third-order valence-electron chi connectivity index (χ3n) is 7.31. The Kier molecular flexibility index (Phi) is 4.50. The number of amides is 1. The van der Waals surface area contributed by atoms with Crippen molar-refractivity contribution >= 4 is 5.91 Å². The standard InChI is InChI=1S/C22H32N2O2/c1-15(23-2)13-24-20(25)22-11-16-8-17(12-22)10-21(9-16,14-22)18-4-6-19(26-3)7-5-18/h4-7,15-17,23H,8-14H2,1-3H3,(H,24,25). The largest absolute Gasteiger partial charge is 0.497 e. The molecule has 4 saturated carbocycles. The van der Waals surface area contributed by atoms with Crippen LogP contribution in [0.1, 0.15) is 51.0 Å². The van der Waals surface area contributed by atoms with Crippen LogP contribution in [-0.4, -0.2) is 32.7 Å². The lowest BCUT2D eigenvalue weighted by atomic mass is 9.42. The lowest BCUT2D eigenvalue weighted by molar-refractivity contribution is -0.149. The zero-order valence-corrected chi connectivity index (χ0v) is 16.3. The van der Waals surface area contributed by atoms with Crippen LogP contribution in [0.25, 0.3) is 0 Å². The van der Waals surface area contributed by atoms with Crippen molar-refractivity contribution in [1.82, 2.24) is 10.6 Å². The van der Waals surface area contributed by atoms with Crippen molar-refractivity contribution in [2.45, 2.75) is 56.9 Å². The summed E-state index contributed by atoms with van der Waals surface area (Å²) in [4.78, 5) is 13.2. The second kappa shape index (κ2) is 6.56. The summed E-state index contributed by atoms with van der Waals surface area (Å²) < 4.78 is 5.34. The second-order valence-corrected chi connectivity index (χ2v) is 9.15. The molecular formula is C22H32N2O2. The van der Waals surface area contributed by atoms with Crippen molar-refractivity contribution in [3.63, 3.8) is 0 Å². The Labute approximate surface area is 157 Å². The Bertz CT molecular complexity index is 655. The van der Waals surface area contributed by atoms with Crippen LogP contribution >= 0.6 is 0 Å². The molecule has 5 rings (SSSR count). The molecule has 2 N–H and O–H groups in total. The topological polar surface area (TPSA) is 50.4 Å². The van der Waals surface area contributed by atoms with Gasteiger partial charge in [-0.1, -0.05) is 12.1 Å². The normalized spacial score (nSPS) is 36.0. The van der Waals surface area contributed by atoms with E-state index in [0.29, 0.717) is 30.3 Å². The Morgan fingerprint density at radius 2 is 1.85 bits per heavy atom. The zero-order chi connectivity index (χ0) is 18.4. The zero-order valence-electron chi connectivity index (χ0n) is 16.3. The van der Waals surface area contributed by atoms with Crippen LogP contribution in [0, 0.1) is 17.3 Å². The molecule has 26 heavy (non-hydrogen) atoms. The third kappa shape index (κ3) is 2.92. The molecule has 0 heterocycles. The van der Waals surface area contributed by atoms with E-state index in [4.69, 9.17) is 4.74 Å². The summed E-state index contributed by atoms with van der Waals surface area (Å²) in [6.07, 6.45) is 7.00. The van der Waals surface area contributed by atoms with E-state index in [1.54, 1.807) is 7.11 Å². The van der Waals surface area contributed by atoms with Crippen LogP contribution in [0.5, 0.6) is 5.75 Å². The molecule has 4 fully saturated rings. The molecule has 4 bridgehead atoms. The van der Waals surface area contributed by atoms with Crippen molar-refractivity contribution in [3.05, 3.63) is 29.8 Å². The fourth-order valence-electron chi connectivity index (χ4n) is 6.35. The minimum atomic E-state index is -0.155. The van der Waals surface area contributed by atoms with E-state index >= 15 is 0 Å². The monoisotopic (exact) mass is 356 g/mol. The molecule has 0 radical (unpaired) electrons. The average molecular weight is 357 g/mol. The predicted molar refractivity (Wildman–Crippen MR) is 103 cm³/mol. The average Bonchev–Trinajstić information content (AvgIpc) is 2.64. The number of hydrogen-bond donors (Lipinski definition) is 2. The van der Waals surface area contributed by atoms with Gasteiger partial charge >= 0.3 is 0 Å². The molecule has 0 aromatic heterocycles. The highest BCUT2D eigenvalue weighted by atomic mass is 16.5. The maximum atomic E-state index is 13.2. The molecular weight excluding hydrogens is 324 g/mol. The molecule has 4 aliphatic rings. The molecule has 0 saturated heterocycles. The minimum Gasteiger partial charge on any atom is -0.497 e. The number of benzene rings is 1. The van der Waals surface area contributed by atoms with Crippen LogP contribution in [0.3, 0.4) is 0 Å². The summed E-state index contributed by atoms with van der Waals surface area (Å²) >= 11 is 0. The van der Waals surface area contributed by atoms with Gasteiger partial charge in [-0.3, -0.25) is 4.79 Å². The predicted octanol–water partition coefficient (Wildman–Crippen LogP) is 3.26. The van der Waals surface area contributed by atoms with Crippen molar-refractivity contribution in [1.29, 1.82) is 0 Å². The van der Waals surface area contributed by atoms with Crippen molar-refractivity contribution in [2.24, 2.45) is 17.3 Å². The Morgan fingerprint density at radius 1 is 1.19 bits per heavy atom. The highest BCUT2D eigenvalue weighted by Gasteiger charge is 2.60. The molecule has 0 spiro atoms. The van der Waals surface area contributed by atoms with E-state index in [2.05, 4.69) is 41.8 Å². The molecule has 3 atom stereocenters. The van der Waals surface area contributed by atoms with E-state index in [-0.39, 0.29) is 10.8 Å². The molecule has 1 amide bonds. The Morgan fingerprint density at radius 3 is 2.42 bits per heavy atom. The summed E-state index contributed by atoms with van der Waals surface area (Å²) in [6, 6.07) is 8.94. The number of nitrogens with one attached hydrogen (secondary N) is 2. The molecule has 142 valence electrons. The molecule has 4 aliphatic carbocycles. The molecule has 1 aromatic carbocycles. The molecule has 4 heteroatoms. The Hall–Kier alpha value is -1.55. The summed E-state index contributed by atoms with van der Waals surface area (Å²) in [5.41, 5.74) is 1.44. The quantitative estimate of drug-likeness (QED) is 0.823. The molecule has 4 nitrogen and oxygen atoms in total. The number of rotatable bonds is 6. The highest BCUT2D eigenvalue weighted by molar-refractivity contribution is 5.83. The first kappa shape index (κ1) is 17.8. The van der Waals surface area contributed by atoms with Gasteiger partial charge in [0.25, 0.3) is 0 Å². The van der Waals surface area contributed by atoms with E-state index in [1.807, 2.05) is 7.05 Å².